The van der Waals surface area contributed by atoms with Crippen LogP contribution in [-0.4, -0.2) is 67.2 Å². The Balaban J connectivity index is 1.46. The predicted octanol–water partition coefficient (Wildman–Crippen LogP) is 4.84. The van der Waals surface area contributed by atoms with E-state index in [1.54, 1.807) is 37.6 Å². The standard InChI is InChI=1S/C29H33N7O4/c1-5-24-22-18-30-28(32-23-11-10-20(17-25(23)39-4)35-14-12-34(3)13-15-35)33-27(22)36(29(38)40-24)21-9-7-8-19(16-21)31-26(37)6-2/h6-11,16-18,24H,2,5,12-15H2,1,3-4H3,(H,31,37)(H,30,32,33). The lowest BCUT2D eigenvalue weighted by molar-refractivity contribution is -0.111. The Kier molecular flexibility index (Phi) is 7.83. The number of anilines is 6. The summed E-state index contributed by atoms with van der Waals surface area (Å²) in [5, 5.41) is 5.97. The van der Waals surface area contributed by atoms with Crippen molar-refractivity contribution in [2.75, 3.05) is 60.8 Å². The van der Waals surface area contributed by atoms with Crippen molar-refractivity contribution in [1.82, 2.24) is 14.9 Å². The van der Waals surface area contributed by atoms with Crippen LogP contribution in [0.4, 0.5) is 39.3 Å². The molecule has 3 aromatic rings. The van der Waals surface area contributed by atoms with Gasteiger partial charge < -0.3 is 29.9 Å². The Morgan fingerprint density at radius 1 is 1.18 bits per heavy atom. The summed E-state index contributed by atoms with van der Waals surface area (Å²) in [4.78, 5) is 40.3. The number of aromatic nitrogens is 2. The van der Waals surface area contributed by atoms with Gasteiger partial charge in [0.1, 0.15) is 11.9 Å². The first kappa shape index (κ1) is 26.9. The molecule has 2 aliphatic rings. The fourth-order valence-corrected chi connectivity index (χ4v) is 4.78. The van der Waals surface area contributed by atoms with Crippen molar-refractivity contribution in [3.8, 4) is 5.75 Å². The maximum Gasteiger partial charge on any atom is 0.420 e. The van der Waals surface area contributed by atoms with Crippen molar-refractivity contribution in [3.63, 3.8) is 0 Å². The molecule has 11 heteroatoms. The number of fused-ring (bicyclic) bond motifs is 1. The molecule has 1 fully saturated rings. The summed E-state index contributed by atoms with van der Waals surface area (Å²) < 4.78 is 11.4. The molecule has 0 saturated carbocycles. The van der Waals surface area contributed by atoms with Crippen LogP contribution in [-0.2, 0) is 9.53 Å². The van der Waals surface area contributed by atoms with Crippen molar-refractivity contribution >= 4 is 46.5 Å². The summed E-state index contributed by atoms with van der Waals surface area (Å²) in [6.07, 6.45) is 2.38. The van der Waals surface area contributed by atoms with E-state index in [0.29, 0.717) is 46.6 Å². The highest BCUT2D eigenvalue weighted by Gasteiger charge is 2.35. The van der Waals surface area contributed by atoms with Gasteiger partial charge in [-0.05, 0) is 49.9 Å². The van der Waals surface area contributed by atoms with E-state index in [9.17, 15) is 9.59 Å². The lowest BCUT2D eigenvalue weighted by Gasteiger charge is -2.34. The number of carbonyl (C=O) groups is 2. The first-order valence-electron chi connectivity index (χ1n) is 13.2. The van der Waals surface area contributed by atoms with E-state index in [0.717, 1.165) is 31.9 Å². The summed E-state index contributed by atoms with van der Waals surface area (Å²) in [6, 6.07) is 12.9. The average Bonchev–Trinajstić information content (AvgIpc) is 2.97. The molecule has 1 atom stereocenters. The van der Waals surface area contributed by atoms with Crippen molar-refractivity contribution in [2.24, 2.45) is 0 Å². The molecular weight excluding hydrogens is 510 g/mol. The first-order valence-corrected chi connectivity index (χ1v) is 13.2. The Morgan fingerprint density at radius 2 is 1.98 bits per heavy atom. The molecule has 0 bridgehead atoms. The lowest BCUT2D eigenvalue weighted by atomic mass is 10.1. The smallest absolute Gasteiger partial charge is 0.420 e. The number of nitrogens with zero attached hydrogens (tertiary/aromatic N) is 5. The van der Waals surface area contributed by atoms with E-state index in [-0.39, 0.29) is 5.91 Å². The number of carbonyl (C=O) groups excluding carboxylic acids is 2. The molecule has 1 unspecified atom stereocenters. The maximum atomic E-state index is 13.2. The second-order valence-electron chi connectivity index (χ2n) is 9.63. The summed E-state index contributed by atoms with van der Waals surface area (Å²) >= 11 is 0. The largest absolute Gasteiger partial charge is 0.494 e. The molecule has 5 rings (SSSR count). The highest BCUT2D eigenvalue weighted by atomic mass is 16.6. The van der Waals surface area contributed by atoms with Gasteiger partial charge in [0.2, 0.25) is 11.9 Å². The minimum Gasteiger partial charge on any atom is -0.494 e. The number of hydrogen-bond donors (Lipinski definition) is 2. The summed E-state index contributed by atoms with van der Waals surface area (Å²) in [5.41, 5.74) is 3.47. The van der Waals surface area contributed by atoms with Gasteiger partial charge in [-0.15, -0.1) is 0 Å². The molecule has 3 heterocycles. The van der Waals surface area contributed by atoms with Crippen LogP contribution >= 0.6 is 0 Å². The van der Waals surface area contributed by atoms with Crippen LogP contribution in [0.5, 0.6) is 5.75 Å². The number of likely N-dealkylation sites (N-methyl/N-ethyl adjacent to an activating group) is 1. The second kappa shape index (κ2) is 11.6. The van der Waals surface area contributed by atoms with E-state index in [1.807, 2.05) is 19.1 Å². The molecule has 2 N–H and O–H groups in total. The first-order chi connectivity index (χ1) is 19.4. The molecule has 40 heavy (non-hydrogen) atoms. The topological polar surface area (TPSA) is 112 Å². The van der Waals surface area contributed by atoms with E-state index < -0.39 is 12.2 Å². The average molecular weight is 544 g/mol. The quantitative estimate of drug-likeness (QED) is 0.385. The zero-order valence-electron chi connectivity index (χ0n) is 22.9. The number of hydrogen-bond acceptors (Lipinski definition) is 9. The minimum atomic E-state index is -0.565. The number of piperazine rings is 1. The third-order valence-corrected chi connectivity index (χ3v) is 7.01. The number of rotatable bonds is 8. The highest BCUT2D eigenvalue weighted by Crippen LogP contribution is 2.40. The van der Waals surface area contributed by atoms with Gasteiger partial charge in [0.05, 0.1) is 24.0 Å². The Hall–Kier alpha value is -4.64. The van der Waals surface area contributed by atoms with Gasteiger partial charge in [-0.25, -0.2) is 14.7 Å². The molecule has 0 aliphatic carbocycles. The molecule has 0 spiro atoms. The third-order valence-electron chi connectivity index (χ3n) is 7.01. The van der Waals surface area contributed by atoms with Crippen LogP contribution in [0.25, 0.3) is 0 Å². The summed E-state index contributed by atoms with van der Waals surface area (Å²) in [5.74, 6) is 1.01. The second-order valence-corrected chi connectivity index (χ2v) is 9.63. The van der Waals surface area contributed by atoms with Gasteiger partial charge in [0.25, 0.3) is 0 Å². The van der Waals surface area contributed by atoms with Gasteiger partial charge >= 0.3 is 6.09 Å². The van der Waals surface area contributed by atoms with Gasteiger partial charge in [-0.2, -0.15) is 4.98 Å². The van der Waals surface area contributed by atoms with Crippen molar-refractivity contribution in [1.29, 1.82) is 0 Å². The fourth-order valence-electron chi connectivity index (χ4n) is 4.78. The lowest BCUT2D eigenvalue weighted by Crippen LogP contribution is -2.44. The fraction of sp³-hybridized carbons (Fsp3) is 0.310. The van der Waals surface area contributed by atoms with Gasteiger partial charge in [-0.3, -0.25) is 4.79 Å². The molecule has 11 nitrogen and oxygen atoms in total. The number of benzene rings is 2. The van der Waals surface area contributed by atoms with Crippen molar-refractivity contribution in [3.05, 3.63) is 66.9 Å². The number of methoxy groups -OCH3 is 1. The van der Waals surface area contributed by atoms with E-state index in [2.05, 4.69) is 45.1 Å². The van der Waals surface area contributed by atoms with Crippen LogP contribution in [0.1, 0.15) is 25.0 Å². The van der Waals surface area contributed by atoms with Crippen LogP contribution < -0.4 is 25.2 Å². The molecular formula is C29H33N7O4. The molecule has 2 amide bonds. The molecule has 0 radical (unpaired) electrons. The van der Waals surface area contributed by atoms with E-state index in [1.165, 1.54) is 11.0 Å². The van der Waals surface area contributed by atoms with Crippen LogP contribution in [0.2, 0.25) is 0 Å². The van der Waals surface area contributed by atoms with Gasteiger partial charge in [-0.1, -0.05) is 19.6 Å². The SMILES string of the molecule is C=CC(=O)Nc1cccc(N2C(=O)OC(CC)c3cnc(Nc4ccc(N5CCN(C)CC5)cc4OC)nc32)c1. The number of cyclic esters (lactones) is 1. The van der Waals surface area contributed by atoms with Crippen molar-refractivity contribution in [2.45, 2.75) is 19.4 Å². The molecule has 2 aliphatic heterocycles. The van der Waals surface area contributed by atoms with Crippen LogP contribution in [0, 0.1) is 0 Å². The molecule has 1 aromatic heterocycles. The van der Waals surface area contributed by atoms with E-state index in [4.69, 9.17) is 14.5 Å². The summed E-state index contributed by atoms with van der Waals surface area (Å²) in [7, 11) is 3.76. The Labute approximate surface area is 233 Å². The van der Waals surface area contributed by atoms with Gasteiger partial charge in [0, 0.05) is 49.8 Å². The Morgan fingerprint density at radius 3 is 2.70 bits per heavy atom. The Bertz CT molecular complexity index is 1420. The van der Waals surface area contributed by atoms with Gasteiger partial charge in [0.15, 0.2) is 5.82 Å². The van der Waals surface area contributed by atoms with Crippen molar-refractivity contribution < 1.29 is 19.1 Å². The molecule has 2 aromatic carbocycles. The summed E-state index contributed by atoms with van der Waals surface area (Å²) in [6.45, 7) is 9.32. The number of amides is 2. The number of nitrogens with one attached hydrogen (secondary N) is 2. The third kappa shape index (κ3) is 5.55. The normalized spacial score (nSPS) is 17.1. The predicted molar refractivity (Wildman–Crippen MR) is 155 cm³/mol. The number of ether oxygens (including phenoxy) is 2. The van der Waals surface area contributed by atoms with E-state index >= 15 is 0 Å². The minimum absolute atomic E-state index is 0.301. The maximum absolute atomic E-state index is 13.2. The van der Waals surface area contributed by atoms with Crippen LogP contribution in [0.15, 0.2) is 61.3 Å². The van der Waals surface area contributed by atoms with Crippen LogP contribution in [0.3, 0.4) is 0 Å². The molecule has 208 valence electrons. The molecule has 1 saturated heterocycles. The highest BCUT2D eigenvalue weighted by molar-refractivity contribution is 6.01. The monoisotopic (exact) mass is 543 g/mol. The zero-order chi connectivity index (χ0) is 28.2. The zero-order valence-corrected chi connectivity index (χ0v) is 22.9.